The number of halogens is 3. The molecule has 1 aromatic heterocycles. The van der Waals surface area contributed by atoms with E-state index < -0.39 is 10.0 Å². The maximum absolute atomic E-state index is 12.6. The molecule has 0 aliphatic carbocycles. The third-order valence-corrected chi connectivity index (χ3v) is 6.58. The van der Waals surface area contributed by atoms with Gasteiger partial charge in [0.1, 0.15) is 4.90 Å². The van der Waals surface area contributed by atoms with Crippen LogP contribution in [0, 0.1) is 6.92 Å². The van der Waals surface area contributed by atoms with Crippen molar-refractivity contribution < 1.29 is 8.42 Å². The number of hydrogen-bond donors (Lipinski definition) is 2. The van der Waals surface area contributed by atoms with Crippen LogP contribution in [0.5, 0.6) is 0 Å². The van der Waals surface area contributed by atoms with Crippen LogP contribution >= 0.6 is 50.5 Å². The third kappa shape index (κ3) is 3.55. The zero-order valence-electron chi connectivity index (χ0n) is 10.8. The van der Waals surface area contributed by atoms with Crippen molar-refractivity contribution in [2.75, 3.05) is 4.72 Å². The SMILES string of the molecule is Cc1csc(CN)c1S(=O)(=O)Nc1c(Cl)cc(Br)cc1Cl. The Kier molecular flexibility index (Phi) is 5.23. The first-order chi connectivity index (χ1) is 9.76. The van der Waals surface area contributed by atoms with Crippen molar-refractivity contribution in [2.45, 2.75) is 18.4 Å². The van der Waals surface area contributed by atoms with Gasteiger partial charge in [-0.1, -0.05) is 39.1 Å². The highest BCUT2D eigenvalue weighted by Gasteiger charge is 2.24. The Morgan fingerprint density at radius 1 is 1.33 bits per heavy atom. The second-order valence-corrected chi connectivity index (χ2v) is 8.54. The number of rotatable bonds is 4. The van der Waals surface area contributed by atoms with E-state index in [1.54, 1.807) is 24.4 Å². The Labute approximate surface area is 145 Å². The minimum absolute atomic E-state index is 0.148. The molecular weight excluding hydrogens is 419 g/mol. The molecule has 0 saturated heterocycles. The average Bonchev–Trinajstić information content (AvgIpc) is 2.76. The van der Waals surface area contributed by atoms with Crippen molar-refractivity contribution in [3.63, 3.8) is 0 Å². The maximum Gasteiger partial charge on any atom is 0.263 e. The molecule has 0 bridgehead atoms. The molecule has 0 aliphatic heterocycles. The zero-order chi connectivity index (χ0) is 15.8. The largest absolute Gasteiger partial charge is 0.326 e. The van der Waals surface area contributed by atoms with Crippen LogP contribution in [-0.4, -0.2) is 8.42 Å². The topological polar surface area (TPSA) is 72.2 Å². The molecule has 0 atom stereocenters. The molecule has 21 heavy (non-hydrogen) atoms. The molecule has 114 valence electrons. The van der Waals surface area contributed by atoms with E-state index in [0.29, 0.717) is 14.9 Å². The molecule has 1 heterocycles. The average molecular weight is 430 g/mol. The van der Waals surface area contributed by atoms with Crippen molar-refractivity contribution in [3.05, 3.63) is 42.5 Å². The van der Waals surface area contributed by atoms with E-state index in [1.165, 1.54) is 11.3 Å². The number of hydrogen-bond acceptors (Lipinski definition) is 4. The summed E-state index contributed by atoms with van der Waals surface area (Å²) in [5, 5.41) is 2.17. The van der Waals surface area contributed by atoms with Gasteiger partial charge in [-0.05, 0) is 30.0 Å². The summed E-state index contributed by atoms with van der Waals surface area (Å²) in [5.41, 5.74) is 6.38. The van der Waals surface area contributed by atoms with Gasteiger partial charge in [0.2, 0.25) is 0 Å². The molecule has 0 spiro atoms. The van der Waals surface area contributed by atoms with Crippen LogP contribution in [0.2, 0.25) is 10.0 Å². The highest BCUT2D eigenvalue weighted by Crippen LogP contribution is 2.36. The van der Waals surface area contributed by atoms with E-state index in [1.807, 2.05) is 0 Å². The lowest BCUT2D eigenvalue weighted by atomic mass is 10.3. The van der Waals surface area contributed by atoms with Gasteiger partial charge in [0.05, 0.1) is 15.7 Å². The standard InChI is InChI=1S/C12H11BrCl2N2O2S2/c1-6-5-20-10(4-16)12(6)21(18,19)17-11-8(14)2-7(13)3-9(11)15/h2-3,5,17H,4,16H2,1H3. The Morgan fingerprint density at radius 3 is 2.43 bits per heavy atom. The third-order valence-electron chi connectivity index (χ3n) is 2.69. The van der Waals surface area contributed by atoms with Gasteiger partial charge in [-0.25, -0.2) is 8.42 Å². The van der Waals surface area contributed by atoms with Crippen LogP contribution in [-0.2, 0) is 16.6 Å². The summed E-state index contributed by atoms with van der Waals surface area (Å²) in [4.78, 5) is 0.773. The first-order valence-electron chi connectivity index (χ1n) is 5.70. The molecule has 0 saturated carbocycles. The van der Waals surface area contributed by atoms with E-state index in [4.69, 9.17) is 28.9 Å². The fourth-order valence-electron chi connectivity index (χ4n) is 1.81. The molecule has 0 radical (unpaired) electrons. The number of anilines is 1. The molecule has 0 amide bonds. The Balaban J connectivity index is 2.50. The quantitative estimate of drug-likeness (QED) is 0.756. The van der Waals surface area contributed by atoms with Crippen LogP contribution in [0.3, 0.4) is 0 Å². The van der Waals surface area contributed by atoms with Gasteiger partial charge < -0.3 is 5.73 Å². The minimum Gasteiger partial charge on any atom is -0.326 e. The lowest BCUT2D eigenvalue weighted by molar-refractivity contribution is 0.600. The summed E-state index contributed by atoms with van der Waals surface area (Å²) < 4.78 is 28.2. The fraction of sp³-hybridized carbons (Fsp3) is 0.167. The summed E-state index contributed by atoms with van der Waals surface area (Å²) >= 11 is 16.7. The summed E-state index contributed by atoms with van der Waals surface area (Å²) in [7, 11) is -3.81. The molecule has 4 nitrogen and oxygen atoms in total. The molecule has 0 fully saturated rings. The highest BCUT2D eigenvalue weighted by molar-refractivity contribution is 9.10. The maximum atomic E-state index is 12.6. The van der Waals surface area contributed by atoms with E-state index in [0.717, 1.165) is 0 Å². The lowest BCUT2D eigenvalue weighted by Crippen LogP contribution is -2.16. The van der Waals surface area contributed by atoms with E-state index in [-0.39, 0.29) is 27.2 Å². The summed E-state index contributed by atoms with van der Waals surface area (Å²) in [5.74, 6) is 0. The fourth-order valence-corrected chi connectivity index (χ4v) is 6.03. The van der Waals surface area contributed by atoms with Crippen LogP contribution in [0.15, 0.2) is 26.9 Å². The predicted molar refractivity (Wildman–Crippen MR) is 91.9 cm³/mol. The van der Waals surface area contributed by atoms with Crippen LogP contribution < -0.4 is 10.5 Å². The number of sulfonamides is 1. The Hall–Kier alpha value is -0.310. The molecule has 0 aliphatic rings. The Morgan fingerprint density at radius 2 is 1.90 bits per heavy atom. The minimum atomic E-state index is -3.81. The highest BCUT2D eigenvalue weighted by atomic mass is 79.9. The van der Waals surface area contributed by atoms with Crippen LogP contribution in [0.1, 0.15) is 10.4 Å². The molecule has 2 aromatic rings. The van der Waals surface area contributed by atoms with Crippen LogP contribution in [0.25, 0.3) is 0 Å². The normalized spacial score (nSPS) is 11.7. The van der Waals surface area contributed by atoms with Crippen molar-refractivity contribution in [1.29, 1.82) is 0 Å². The molecule has 0 unspecified atom stereocenters. The van der Waals surface area contributed by atoms with Gasteiger partial charge in [-0.3, -0.25) is 4.72 Å². The van der Waals surface area contributed by atoms with Gasteiger partial charge in [0.25, 0.3) is 10.0 Å². The molecule has 1 aromatic carbocycles. The van der Waals surface area contributed by atoms with Crippen molar-refractivity contribution in [2.24, 2.45) is 5.73 Å². The van der Waals surface area contributed by atoms with Gasteiger partial charge in [0.15, 0.2) is 0 Å². The first-order valence-corrected chi connectivity index (χ1v) is 9.62. The second kappa shape index (κ2) is 6.44. The van der Waals surface area contributed by atoms with Gasteiger partial charge in [-0.2, -0.15) is 0 Å². The lowest BCUT2D eigenvalue weighted by Gasteiger charge is -2.13. The van der Waals surface area contributed by atoms with Gasteiger partial charge in [0, 0.05) is 15.9 Å². The molecule has 3 N–H and O–H groups in total. The van der Waals surface area contributed by atoms with Crippen molar-refractivity contribution >= 4 is 66.2 Å². The zero-order valence-corrected chi connectivity index (χ0v) is 15.5. The summed E-state index contributed by atoms with van der Waals surface area (Å²) in [6, 6.07) is 3.13. The monoisotopic (exact) mass is 428 g/mol. The molecule has 9 heteroatoms. The number of benzene rings is 1. The molecule has 2 rings (SSSR count). The summed E-state index contributed by atoms with van der Waals surface area (Å²) in [6.45, 7) is 1.87. The second-order valence-electron chi connectivity index (χ2n) is 4.23. The van der Waals surface area contributed by atoms with E-state index in [9.17, 15) is 8.42 Å². The van der Waals surface area contributed by atoms with Crippen molar-refractivity contribution in [1.82, 2.24) is 0 Å². The van der Waals surface area contributed by atoms with E-state index >= 15 is 0 Å². The number of thiophene rings is 1. The van der Waals surface area contributed by atoms with Crippen molar-refractivity contribution in [3.8, 4) is 0 Å². The predicted octanol–water partition coefficient (Wildman–Crippen LogP) is 4.39. The van der Waals surface area contributed by atoms with Gasteiger partial charge >= 0.3 is 0 Å². The number of nitrogens with one attached hydrogen (secondary N) is 1. The number of nitrogens with two attached hydrogens (primary N) is 1. The molecular formula is C12H11BrCl2N2O2S2. The Bertz CT molecular complexity index is 768. The van der Waals surface area contributed by atoms with Crippen LogP contribution in [0.4, 0.5) is 5.69 Å². The first kappa shape index (κ1) is 17.1. The smallest absolute Gasteiger partial charge is 0.263 e. The van der Waals surface area contributed by atoms with E-state index in [2.05, 4.69) is 20.7 Å². The summed E-state index contributed by atoms with van der Waals surface area (Å²) in [6.07, 6.45) is 0. The number of aryl methyl sites for hydroxylation is 1. The van der Waals surface area contributed by atoms with Gasteiger partial charge in [-0.15, -0.1) is 11.3 Å².